The molecule has 122 valence electrons. The van der Waals surface area contributed by atoms with Crippen molar-refractivity contribution in [3.05, 3.63) is 45.6 Å². The molecule has 2 heterocycles. The Hall–Kier alpha value is -1.18. The number of fused-ring (bicyclic) bond motifs is 1. The number of carbonyl (C=O) groups is 2. The van der Waals surface area contributed by atoms with Crippen molar-refractivity contribution >= 4 is 30.2 Å². The number of ether oxygens (including phenoxy) is 1. The molecule has 3 rings (SSSR count). The zero-order chi connectivity index (χ0) is 16.8. The fourth-order valence-corrected chi connectivity index (χ4v) is 7.04. The van der Waals surface area contributed by atoms with E-state index in [4.69, 9.17) is 4.74 Å². The summed E-state index contributed by atoms with van der Waals surface area (Å²) in [7, 11) is 0. The maximum atomic E-state index is 12.5. The molecule has 0 aliphatic carbocycles. The van der Waals surface area contributed by atoms with Crippen LogP contribution in [0.1, 0.15) is 20.7 Å². The molecule has 2 atom stereocenters. The van der Waals surface area contributed by atoms with E-state index in [1.807, 2.05) is 0 Å². The van der Waals surface area contributed by atoms with Crippen molar-refractivity contribution in [3.8, 4) is 0 Å². The van der Waals surface area contributed by atoms with Gasteiger partial charge in [-0.3, -0.25) is 0 Å². The van der Waals surface area contributed by atoms with Gasteiger partial charge in [0.1, 0.15) is 0 Å². The molecule has 2 aliphatic rings. The molecule has 1 N–H and O–H groups in total. The molecule has 0 bridgehead atoms. The number of carbonyl (C=O) groups excluding carboxylic acids is 2. The normalized spacial score (nSPS) is 24.2. The summed E-state index contributed by atoms with van der Waals surface area (Å²) in [4.78, 5) is 31.9. The molecule has 0 radical (unpaired) electrons. The second-order valence-electron chi connectivity index (χ2n) is 7.15. The number of imide groups is 1. The van der Waals surface area contributed by atoms with Gasteiger partial charge in [0.15, 0.2) is 0 Å². The van der Waals surface area contributed by atoms with E-state index in [2.05, 4.69) is 26.8 Å². The fourth-order valence-electron chi connectivity index (χ4n) is 3.05. The number of amides is 2. The first-order valence-corrected chi connectivity index (χ1v) is 17.8. The second kappa shape index (κ2) is 6.03. The predicted octanol–water partition coefficient (Wildman–Crippen LogP) is 2.24. The average molecular weight is 421 g/mol. The van der Waals surface area contributed by atoms with Crippen LogP contribution < -0.4 is 5.43 Å². The molecule has 0 spiro atoms. The molecule has 1 aromatic carbocycles. The topological polar surface area (TPSA) is 58.6 Å². The Bertz CT molecular complexity index is 646. The molecule has 1 saturated heterocycles. The van der Waals surface area contributed by atoms with Crippen molar-refractivity contribution < 1.29 is 14.3 Å². The Kier molecular flexibility index (Phi) is 4.37. The Morgan fingerprint density at radius 3 is 2.26 bits per heavy atom. The van der Waals surface area contributed by atoms with Gasteiger partial charge in [-0.2, -0.15) is 0 Å². The van der Waals surface area contributed by atoms with Gasteiger partial charge < -0.3 is 0 Å². The van der Waals surface area contributed by atoms with Gasteiger partial charge in [-0.1, -0.05) is 0 Å². The van der Waals surface area contributed by atoms with E-state index in [1.54, 1.807) is 24.3 Å². The SMILES string of the molecule is C=[C]([C@H]1COC[C@H]1NN1C(=O)c2ccccc2C1=O)[Sn]([CH3])([CH3])[CH3]. The Labute approximate surface area is 140 Å². The number of hydrogen-bond acceptors (Lipinski definition) is 4. The van der Waals surface area contributed by atoms with Crippen LogP contribution in [0.25, 0.3) is 0 Å². The minimum atomic E-state index is -2.28. The van der Waals surface area contributed by atoms with Gasteiger partial charge in [-0.05, 0) is 0 Å². The van der Waals surface area contributed by atoms with Crippen LogP contribution in [0.4, 0.5) is 0 Å². The zero-order valence-corrected chi connectivity index (χ0v) is 16.6. The fraction of sp³-hybridized carbons (Fsp3) is 0.412. The van der Waals surface area contributed by atoms with Crippen LogP contribution in [-0.4, -0.2) is 54.5 Å². The summed E-state index contributed by atoms with van der Waals surface area (Å²) in [6.45, 7) is 5.39. The summed E-state index contributed by atoms with van der Waals surface area (Å²) < 4.78 is 6.87. The van der Waals surface area contributed by atoms with Gasteiger partial charge in [-0.25, -0.2) is 0 Å². The van der Waals surface area contributed by atoms with Crippen molar-refractivity contribution in [2.24, 2.45) is 5.92 Å². The molecule has 0 aromatic heterocycles. The summed E-state index contributed by atoms with van der Waals surface area (Å²) in [5.74, 6) is -0.419. The van der Waals surface area contributed by atoms with Gasteiger partial charge >= 0.3 is 141 Å². The zero-order valence-electron chi connectivity index (χ0n) is 13.8. The van der Waals surface area contributed by atoms with Crippen LogP contribution in [0.5, 0.6) is 0 Å². The predicted molar refractivity (Wildman–Crippen MR) is 90.7 cm³/mol. The van der Waals surface area contributed by atoms with Gasteiger partial charge in [0, 0.05) is 0 Å². The minimum absolute atomic E-state index is 0.0827. The summed E-state index contributed by atoms with van der Waals surface area (Å²) >= 11 is -2.28. The van der Waals surface area contributed by atoms with E-state index in [-0.39, 0.29) is 23.8 Å². The standard InChI is InChI=1S/C14H13N2O3.3CH3.Sn/c1-2-9-7-19-8-12(9)15-16-13(17)10-5-3-4-6-11(10)14(16)18;;;;/h3-6,9,12,15H,1,7-8H2;3*1H3;/t9-,12+;;;;/m0..../s1. The van der Waals surface area contributed by atoms with Gasteiger partial charge in [0.2, 0.25) is 0 Å². The van der Waals surface area contributed by atoms with Crippen molar-refractivity contribution in [1.82, 2.24) is 10.4 Å². The quantitative estimate of drug-likeness (QED) is 0.599. The molecule has 2 amide bonds. The third-order valence-corrected chi connectivity index (χ3v) is 11.1. The van der Waals surface area contributed by atoms with Crippen molar-refractivity contribution in [2.45, 2.75) is 20.9 Å². The number of nitrogens with zero attached hydrogens (tertiary/aromatic N) is 1. The van der Waals surface area contributed by atoms with Crippen LogP contribution in [0.2, 0.25) is 14.8 Å². The van der Waals surface area contributed by atoms with Gasteiger partial charge in [0.25, 0.3) is 0 Å². The Balaban J connectivity index is 1.79. The van der Waals surface area contributed by atoms with Crippen LogP contribution in [0.3, 0.4) is 0 Å². The van der Waals surface area contributed by atoms with E-state index in [0.29, 0.717) is 24.3 Å². The molecular formula is C17H22N2O3Sn. The van der Waals surface area contributed by atoms with Crippen LogP contribution in [0.15, 0.2) is 34.4 Å². The molecule has 1 fully saturated rings. The van der Waals surface area contributed by atoms with Crippen molar-refractivity contribution in [3.63, 3.8) is 0 Å². The van der Waals surface area contributed by atoms with E-state index in [9.17, 15) is 9.59 Å². The van der Waals surface area contributed by atoms with Crippen LogP contribution in [0, 0.1) is 5.92 Å². The monoisotopic (exact) mass is 422 g/mol. The molecule has 0 saturated carbocycles. The van der Waals surface area contributed by atoms with Gasteiger partial charge in [0.05, 0.1) is 0 Å². The summed E-state index contributed by atoms with van der Waals surface area (Å²) in [6.07, 6.45) is 0. The molecule has 23 heavy (non-hydrogen) atoms. The second-order valence-corrected chi connectivity index (χ2v) is 21.8. The van der Waals surface area contributed by atoms with E-state index in [1.165, 1.54) is 3.59 Å². The van der Waals surface area contributed by atoms with Crippen LogP contribution in [-0.2, 0) is 4.74 Å². The molecule has 1 aromatic rings. The summed E-state index contributed by atoms with van der Waals surface area (Å²) in [5.41, 5.74) is 4.02. The summed E-state index contributed by atoms with van der Waals surface area (Å²) in [6, 6.07) is 6.82. The maximum absolute atomic E-state index is 12.5. The number of hydrogen-bond donors (Lipinski definition) is 1. The molecule has 0 unspecified atom stereocenters. The first-order valence-electron chi connectivity index (χ1n) is 7.81. The molecule has 2 aliphatic heterocycles. The third kappa shape index (κ3) is 2.97. The van der Waals surface area contributed by atoms with E-state index in [0.717, 1.165) is 5.01 Å². The van der Waals surface area contributed by atoms with E-state index >= 15 is 0 Å². The van der Waals surface area contributed by atoms with Crippen molar-refractivity contribution in [2.75, 3.05) is 13.2 Å². The number of hydrazine groups is 1. The molecular weight excluding hydrogens is 399 g/mol. The molecule has 5 nitrogen and oxygen atoms in total. The van der Waals surface area contributed by atoms with E-state index < -0.39 is 18.4 Å². The Morgan fingerprint density at radius 1 is 1.17 bits per heavy atom. The average Bonchev–Trinajstić information content (AvgIpc) is 3.05. The number of benzene rings is 1. The van der Waals surface area contributed by atoms with Crippen LogP contribution >= 0.6 is 0 Å². The molecule has 6 heteroatoms. The Morgan fingerprint density at radius 2 is 1.74 bits per heavy atom. The third-order valence-electron chi connectivity index (χ3n) is 4.58. The van der Waals surface area contributed by atoms with Crippen molar-refractivity contribution in [1.29, 1.82) is 0 Å². The first-order chi connectivity index (χ1) is 10.8. The first kappa shape index (κ1) is 16.7. The van der Waals surface area contributed by atoms with Gasteiger partial charge in [-0.15, -0.1) is 0 Å². The summed E-state index contributed by atoms with van der Waals surface area (Å²) in [5, 5.41) is 1.14. The number of nitrogens with one attached hydrogen (secondary N) is 1. The number of rotatable bonds is 4.